The normalized spacial score (nSPS) is 12.9. The fraction of sp³-hybridized carbons (Fsp3) is 0.350. The van der Waals surface area contributed by atoms with Crippen molar-refractivity contribution in [3.63, 3.8) is 0 Å². The topological polar surface area (TPSA) is 17.1 Å². The molecule has 0 amide bonds. The van der Waals surface area contributed by atoms with Gasteiger partial charge in [0, 0.05) is 12.0 Å². The van der Waals surface area contributed by atoms with Gasteiger partial charge in [-0.05, 0) is 41.5 Å². The predicted molar refractivity (Wildman–Crippen MR) is 89.0 cm³/mol. The van der Waals surface area contributed by atoms with E-state index in [-0.39, 0.29) is 0 Å². The number of benzene rings is 2. The fourth-order valence-electron chi connectivity index (χ4n) is 2.53. The minimum Gasteiger partial charge on any atom is -0.294 e. The lowest BCUT2D eigenvalue weighted by molar-refractivity contribution is 0.0994. The Morgan fingerprint density at radius 3 is 2.29 bits per heavy atom. The number of rotatable bonds is 2. The monoisotopic (exact) mass is 280 g/mol. The molecule has 1 heteroatoms. The Bertz CT molecular complexity index is 596. The van der Waals surface area contributed by atoms with Crippen molar-refractivity contribution in [1.29, 1.82) is 0 Å². The Labute approximate surface area is 128 Å². The molecule has 3 rings (SSSR count). The number of Topliss-reactive ketones (excluding diaryl/α,β-unsaturated/α-hetero) is 1. The summed E-state index contributed by atoms with van der Waals surface area (Å²) in [6.45, 7) is 6.47. The number of carbonyl (C=O) groups is 1. The highest BCUT2D eigenvalue weighted by Crippen LogP contribution is 2.25. The van der Waals surface area contributed by atoms with E-state index < -0.39 is 0 Å². The van der Waals surface area contributed by atoms with Gasteiger partial charge in [0.1, 0.15) is 0 Å². The number of aryl methyl sites for hydroxylation is 2. The SMILES string of the molecule is CC(C)c1ccc2c(c1)C(=O)CC2.CCc1ccccc1. The van der Waals surface area contributed by atoms with E-state index in [9.17, 15) is 4.79 Å². The third kappa shape index (κ3) is 4.04. The Kier molecular flexibility index (Phi) is 5.32. The zero-order valence-electron chi connectivity index (χ0n) is 13.2. The summed E-state index contributed by atoms with van der Waals surface area (Å²) in [5.74, 6) is 0.830. The first-order valence-corrected chi connectivity index (χ1v) is 7.81. The number of hydrogen-bond acceptors (Lipinski definition) is 1. The molecule has 21 heavy (non-hydrogen) atoms. The maximum atomic E-state index is 11.4. The van der Waals surface area contributed by atoms with E-state index in [0.29, 0.717) is 18.1 Å². The van der Waals surface area contributed by atoms with Crippen LogP contribution in [0.2, 0.25) is 0 Å². The molecule has 1 aliphatic carbocycles. The maximum absolute atomic E-state index is 11.4. The summed E-state index contributed by atoms with van der Waals surface area (Å²) in [5, 5.41) is 0. The van der Waals surface area contributed by atoms with E-state index in [1.165, 1.54) is 16.7 Å². The first kappa shape index (κ1) is 15.5. The molecule has 1 nitrogen and oxygen atoms in total. The predicted octanol–water partition coefficient (Wildman–Crippen LogP) is 5.19. The van der Waals surface area contributed by atoms with Crippen molar-refractivity contribution in [2.45, 2.75) is 46.0 Å². The van der Waals surface area contributed by atoms with Crippen LogP contribution in [0.5, 0.6) is 0 Å². The lowest BCUT2D eigenvalue weighted by Gasteiger charge is -2.06. The molecule has 0 fully saturated rings. The molecule has 0 saturated carbocycles. The standard InChI is InChI=1S/C12H14O.C8H10/c1-8(2)10-4-3-9-5-6-12(13)11(9)7-10;1-2-8-6-4-3-5-7-8/h3-4,7-8H,5-6H2,1-2H3;3-7H,2H2,1H3. The fourth-order valence-corrected chi connectivity index (χ4v) is 2.53. The number of fused-ring (bicyclic) bond motifs is 1. The molecular weight excluding hydrogens is 256 g/mol. The van der Waals surface area contributed by atoms with E-state index >= 15 is 0 Å². The molecule has 0 spiro atoms. The van der Waals surface area contributed by atoms with Gasteiger partial charge < -0.3 is 0 Å². The summed E-state index contributed by atoms with van der Waals surface area (Å²) >= 11 is 0. The van der Waals surface area contributed by atoms with Crippen molar-refractivity contribution < 1.29 is 4.79 Å². The van der Waals surface area contributed by atoms with E-state index in [0.717, 1.165) is 18.4 Å². The van der Waals surface area contributed by atoms with Gasteiger partial charge in [-0.15, -0.1) is 0 Å². The summed E-state index contributed by atoms with van der Waals surface area (Å²) < 4.78 is 0. The molecule has 0 saturated heterocycles. The van der Waals surface area contributed by atoms with E-state index in [1.54, 1.807) is 0 Å². The molecule has 2 aromatic rings. The molecule has 0 aliphatic heterocycles. The maximum Gasteiger partial charge on any atom is 0.163 e. The largest absolute Gasteiger partial charge is 0.294 e. The van der Waals surface area contributed by atoms with Gasteiger partial charge in [0.25, 0.3) is 0 Å². The first-order chi connectivity index (χ1) is 10.1. The van der Waals surface area contributed by atoms with Gasteiger partial charge >= 0.3 is 0 Å². The van der Waals surface area contributed by atoms with Crippen LogP contribution in [0.25, 0.3) is 0 Å². The van der Waals surface area contributed by atoms with Crippen molar-refractivity contribution in [1.82, 2.24) is 0 Å². The van der Waals surface area contributed by atoms with Crippen LogP contribution in [0.3, 0.4) is 0 Å². The Hall–Kier alpha value is -1.89. The Morgan fingerprint density at radius 2 is 1.71 bits per heavy atom. The van der Waals surface area contributed by atoms with Crippen LogP contribution in [-0.4, -0.2) is 5.78 Å². The van der Waals surface area contributed by atoms with Crippen LogP contribution in [0.4, 0.5) is 0 Å². The van der Waals surface area contributed by atoms with Crippen LogP contribution in [0, 0.1) is 0 Å². The molecule has 0 unspecified atom stereocenters. The average molecular weight is 280 g/mol. The van der Waals surface area contributed by atoms with Gasteiger partial charge in [0.05, 0.1) is 0 Å². The van der Waals surface area contributed by atoms with E-state index in [2.05, 4.69) is 63.2 Å². The quantitative estimate of drug-likeness (QED) is 0.740. The van der Waals surface area contributed by atoms with Gasteiger partial charge in [0.15, 0.2) is 5.78 Å². The van der Waals surface area contributed by atoms with Crippen LogP contribution in [0.1, 0.15) is 60.2 Å². The average Bonchev–Trinajstić information content (AvgIpc) is 2.89. The van der Waals surface area contributed by atoms with Gasteiger partial charge in [-0.1, -0.05) is 63.2 Å². The highest BCUT2D eigenvalue weighted by atomic mass is 16.1. The Balaban J connectivity index is 0.000000173. The van der Waals surface area contributed by atoms with Crippen molar-refractivity contribution >= 4 is 5.78 Å². The smallest absolute Gasteiger partial charge is 0.163 e. The van der Waals surface area contributed by atoms with Crippen molar-refractivity contribution in [3.8, 4) is 0 Å². The second-order valence-electron chi connectivity index (χ2n) is 5.83. The number of ketones is 1. The third-order valence-electron chi connectivity index (χ3n) is 3.97. The molecule has 0 heterocycles. The van der Waals surface area contributed by atoms with E-state index in [4.69, 9.17) is 0 Å². The molecule has 0 aromatic heterocycles. The molecule has 0 radical (unpaired) electrons. The summed E-state index contributed by atoms with van der Waals surface area (Å²) in [5.41, 5.74) is 4.88. The molecule has 0 N–H and O–H groups in total. The molecule has 110 valence electrons. The minimum absolute atomic E-state index is 0.317. The van der Waals surface area contributed by atoms with Gasteiger partial charge in [-0.3, -0.25) is 4.79 Å². The minimum atomic E-state index is 0.317. The summed E-state index contributed by atoms with van der Waals surface area (Å²) in [6, 6.07) is 16.8. The molecule has 0 bridgehead atoms. The first-order valence-electron chi connectivity index (χ1n) is 7.81. The Morgan fingerprint density at radius 1 is 1.00 bits per heavy atom. The molecule has 0 atom stereocenters. The van der Waals surface area contributed by atoms with Gasteiger partial charge in [-0.2, -0.15) is 0 Å². The second kappa shape index (κ2) is 7.21. The summed E-state index contributed by atoms with van der Waals surface area (Å²) in [7, 11) is 0. The summed E-state index contributed by atoms with van der Waals surface area (Å²) in [4.78, 5) is 11.4. The summed E-state index contributed by atoms with van der Waals surface area (Å²) in [6.07, 6.45) is 2.78. The van der Waals surface area contributed by atoms with E-state index in [1.807, 2.05) is 6.07 Å². The number of hydrogen-bond donors (Lipinski definition) is 0. The van der Waals surface area contributed by atoms with Gasteiger partial charge in [-0.25, -0.2) is 0 Å². The second-order valence-corrected chi connectivity index (χ2v) is 5.83. The molecule has 2 aromatic carbocycles. The number of carbonyl (C=O) groups excluding carboxylic acids is 1. The van der Waals surface area contributed by atoms with Crippen molar-refractivity contribution in [2.24, 2.45) is 0 Å². The highest BCUT2D eigenvalue weighted by Gasteiger charge is 2.19. The molecular formula is C20H24O. The highest BCUT2D eigenvalue weighted by molar-refractivity contribution is 6.00. The van der Waals surface area contributed by atoms with Crippen LogP contribution in [0.15, 0.2) is 48.5 Å². The van der Waals surface area contributed by atoms with Crippen molar-refractivity contribution in [2.75, 3.05) is 0 Å². The van der Waals surface area contributed by atoms with Crippen LogP contribution < -0.4 is 0 Å². The zero-order chi connectivity index (χ0) is 15.2. The van der Waals surface area contributed by atoms with Crippen LogP contribution in [-0.2, 0) is 12.8 Å². The van der Waals surface area contributed by atoms with Crippen molar-refractivity contribution in [3.05, 3.63) is 70.8 Å². The lowest BCUT2D eigenvalue weighted by Crippen LogP contribution is -1.94. The molecule has 1 aliphatic rings. The zero-order valence-corrected chi connectivity index (χ0v) is 13.2. The van der Waals surface area contributed by atoms with Gasteiger partial charge in [0.2, 0.25) is 0 Å². The lowest BCUT2D eigenvalue weighted by atomic mass is 9.98. The van der Waals surface area contributed by atoms with Crippen LogP contribution >= 0.6 is 0 Å². The third-order valence-corrected chi connectivity index (χ3v) is 3.97.